The molecule has 0 radical (unpaired) electrons. The van der Waals surface area contributed by atoms with Gasteiger partial charge in [0.25, 0.3) is 10.1 Å². The summed E-state index contributed by atoms with van der Waals surface area (Å²) < 4.78 is 26.7. The number of hydrogen-bond donors (Lipinski definition) is 0. The van der Waals surface area contributed by atoms with E-state index in [-0.39, 0.29) is 11.9 Å². The molecule has 66 valence electrons. The van der Waals surface area contributed by atoms with E-state index < -0.39 is 10.1 Å². The van der Waals surface area contributed by atoms with E-state index in [0.29, 0.717) is 5.92 Å². The molecule has 1 aliphatic carbocycles. The largest absolute Gasteiger partial charge is 0.267 e. The average molecular weight is 178 g/mol. The zero-order valence-corrected chi connectivity index (χ0v) is 7.73. The second-order valence-electron chi connectivity index (χ2n) is 2.99. The Hall–Kier alpha value is -0.0900. The molecule has 1 rings (SSSR count). The summed E-state index contributed by atoms with van der Waals surface area (Å²) in [5.74, 6) is 0.556. The lowest BCUT2D eigenvalue weighted by atomic mass is 10.3. The molecule has 3 nitrogen and oxygen atoms in total. The Bertz CT molecular complexity index is 216. The van der Waals surface area contributed by atoms with Crippen molar-refractivity contribution in [1.29, 1.82) is 0 Å². The summed E-state index contributed by atoms with van der Waals surface area (Å²) >= 11 is 0. The Morgan fingerprint density at radius 3 is 2.45 bits per heavy atom. The molecule has 0 saturated heterocycles. The summed E-state index contributed by atoms with van der Waals surface area (Å²) in [6, 6.07) is 0. The molecule has 0 heterocycles. The smallest absolute Gasteiger partial charge is 0.267 e. The highest BCUT2D eigenvalue weighted by Crippen LogP contribution is 2.34. The molecular weight excluding hydrogens is 164 g/mol. The molecule has 1 fully saturated rings. The second-order valence-corrected chi connectivity index (χ2v) is 4.87. The molecule has 0 aromatic rings. The minimum absolute atomic E-state index is 0.0735. The van der Waals surface area contributed by atoms with Crippen molar-refractivity contribution in [1.82, 2.24) is 0 Å². The normalized spacial score (nSPS) is 21.6. The molecule has 0 N–H and O–H groups in total. The van der Waals surface area contributed by atoms with Gasteiger partial charge in [-0.1, -0.05) is 0 Å². The molecule has 0 aromatic heterocycles. The summed E-state index contributed by atoms with van der Waals surface area (Å²) in [6.45, 7) is 3.42. The van der Waals surface area contributed by atoms with Crippen LogP contribution in [0.2, 0.25) is 0 Å². The van der Waals surface area contributed by atoms with Gasteiger partial charge in [-0.2, -0.15) is 8.42 Å². The quantitative estimate of drug-likeness (QED) is 0.606. The van der Waals surface area contributed by atoms with Crippen LogP contribution in [0.15, 0.2) is 0 Å². The van der Waals surface area contributed by atoms with Crippen LogP contribution in [0, 0.1) is 5.92 Å². The lowest BCUT2D eigenvalue weighted by Gasteiger charge is -2.09. The number of hydrogen-bond acceptors (Lipinski definition) is 3. The van der Waals surface area contributed by atoms with Gasteiger partial charge in [-0.25, -0.2) is 0 Å². The van der Waals surface area contributed by atoms with E-state index in [4.69, 9.17) is 4.18 Å². The predicted octanol–water partition coefficient (Wildman–Crippen LogP) is 1.15. The molecule has 4 heteroatoms. The van der Waals surface area contributed by atoms with Gasteiger partial charge in [0.2, 0.25) is 0 Å². The van der Waals surface area contributed by atoms with Crippen molar-refractivity contribution in [3.63, 3.8) is 0 Å². The molecule has 1 atom stereocenters. The SMILES string of the molecule is CCS(=O)(=O)OC(C)C1CC1. The topological polar surface area (TPSA) is 43.4 Å². The zero-order chi connectivity index (χ0) is 8.48. The van der Waals surface area contributed by atoms with Crippen molar-refractivity contribution in [2.75, 3.05) is 5.75 Å². The van der Waals surface area contributed by atoms with Crippen molar-refractivity contribution < 1.29 is 12.6 Å². The van der Waals surface area contributed by atoms with E-state index in [1.165, 1.54) is 0 Å². The van der Waals surface area contributed by atoms with Gasteiger partial charge in [0.15, 0.2) is 0 Å². The molecule has 1 aliphatic rings. The molecular formula is C7H14O3S. The van der Waals surface area contributed by atoms with Gasteiger partial charge in [0, 0.05) is 0 Å². The highest BCUT2D eigenvalue weighted by atomic mass is 32.2. The summed E-state index contributed by atoms with van der Waals surface area (Å²) in [5, 5.41) is 0. The summed E-state index contributed by atoms with van der Waals surface area (Å²) in [5.41, 5.74) is 0. The van der Waals surface area contributed by atoms with Crippen molar-refractivity contribution in [2.24, 2.45) is 5.92 Å². The van der Waals surface area contributed by atoms with Gasteiger partial charge in [-0.15, -0.1) is 0 Å². The van der Waals surface area contributed by atoms with Crippen molar-refractivity contribution in [3.05, 3.63) is 0 Å². The van der Waals surface area contributed by atoms with Crippen LogP contribution in [-0.4, -0.2) is 20.3 Å². The first-order valence-corrected chi connectivity index (χ1v) is 5.54. The summed E-state index contributed by atoms with van der Waals surface area (Å²) in [7, 11) is -3.22. The van der Waals surface area contributed by atoms with E-state index in [9.17, 15) is 8.42 Å². The Labute approximate surface area is 67.9 Å². The van der Waals surface area contributed by atoms with Gasteiger partial charge in [0.1, 0.15) is 0 Å². The van der Waals surface area contributed by atoms with Crippen LogP contribution in [0.4, 0.5) is 0 Å². The second kappa shape index (κ2) is 3.11. The molecule has 0 aromatic carbocycles. The van der Waals surface area contributed by atoms with E-state index >= 15 is 0 Å². The highest BCUT2D eigenvalue weighted by Gasteiger charge is 2.31. The molecule has 1 saturated carbocycles. The standard InChI is InChI=1S/C7H14O3S/c1-3-11(8,9)10-6(2)7-4-5-7/h6-7H,3-5H2,1-2H3. The molecule has 11 heavy (non-hydrogen) atoms. The fourth-order valence-corrected chi connectivity index (χ4v) is 1.70. The van der Waals surface area contributed by atoms with Gasteiger partial charge in [-0.05, 0) is 32.6 Å². The molecule has 1 unspecified atom stereocenters. The third kappa shape index (κ3) is 2.79. The Balaban J connectivity index is 2.40. The van der Waals surface area contributed by atoms with E-state index in [2.05, 4.69) is 0 Å². The van der Waals surface area contributed by atoms with Crippen LogP contribution in [0.1, 0.15) is 26.7 Å². The Morgan fingerprint density at radius 2 is 2.09 bits per heavy atom. The fraction of sp³-hybridized carbons (Fsp3) is 1.00. The van der Waals surface area contributed by atoms with Crippen LogP contribution >= 0.6 is 0 Å². The maximum Gasteiger partial charge on any atom is 0.267 e. The van der Waals surface area contributed by atoms with E-state index in [1.807, 2.05) is 6.92 Å². The summed E-state index contributed by atoms with van der Waals surface area (Å²) in [6.07, 6.45) is 2.11. The van der Waals surface area contributed by atoms with Crippen LogP contribution in [-0.2, 0) is 14.3 Å². The maximum atomic E-state index is 10.9. The highest BCUT2D eigenvalue weighted by molar-refractivity contribution is 7.86. The summed E-state index contributed by atoms with van der Waals surface area (Å²) in [4.78, 5) is 0. The molecule has 0 amide bonds. The van der Waals surface area contributed by atoms with Crippen molar-refractivity contribution in [3.8, 4) is 0 Å². The van der Waals surface area contributed by atoms with Gasteiger partial charge >= 0.3 is 0 Å². The first-order chi connectivity index (χ1) is 5.05. The van der Waals surface area contributed by atoms with Gasteiger partial charge in [0.05, 0.1) is 11.9 Å². The fourth-order valence-electron chi connectivity index (χ4n) is 0.944. The lowest BCUT2D eigenvalue weighted by Crippen LogP contribution is -2.18. The third-order valence-corrected chi connectivity index (χ3v) is 3.24. The van der Waals surface area contributed by atoms with Gasteiger partial charge < -0.3 is 0 Å². The third-order valence-electron chi connectivity index (χ3n) is 1.94. The van der Waals surface area contributed by atoms with Crippen LogP contribution in [0.3, 0.4) is 0 Å². The average Bonchev–Trinajstić information content (AvgIpc) is 2.67. The monoisotopic (exact) mass is 178 g/mol. The maximum absolute atomic E-state index is 10.9. The zero-order valence-electron chi connectivity index (χ0n) is 6.91. The Kier molecular flexibility index (Phi) is 2.54. The van der Waals surface area contributed by atoms with Crippen molar-refractivity contribution >= 4 is 10.1 Å². The van der Waals surface area contributed by atoms with E-state index in [0.717, 1.165) is 12.8 Å². The number of rotatable bonds is 4. The predicted molar refractivity (Wildman–Crippen MR) is 42.7 cm³/mol. The van der Waals surface area contributed by atoms with Crippen LogP contribution in [0.25, 0.3) is 0 Å². The van der Waals surface area contributed by atoms with Crippen LogP contribution in [0.5, 0.6) is 0 Å². The van der Waals surface area contributed by atoms with Crippen LogP contribution < -0.4 is 0 Å². The molecule has 0 aliphatic heterocycles. The Morgan fingerprint density at radius 1 is 1.55 bits per heavy atom. The first-order valence-electron chi connectivity index (χ1n) is 3.96. The lowest BCUT2D eigenvalue weighted by molar-refractivity contribution is 0.206. The molecule has 0 spiro atoms. The van der Waals surface area contributed by atoms with E-state index in [1.54, 1.807) is 6.92 Å². The van der Waals surface area contributed by atoms with Gasteiger partial charge in [-0.3, -0.25) is 4.18 Å². The minimum atomic E-state index is -3.22. The minimum Gasteiger partial charge on any atom is -0.267 e. The molecule has 0 bridgehead atoms. The van der Waals surface area contributed by atoms with Crippen molar-refractivity contribution in [2.45, 2.75) is 32.8 Å². The first kappa shape index (κ1) is 9.00.